The Morgan fingerprint density at radius 1 is 1.24 bits per heavy atom. The van der Waals surface area contributed by atoms with E-state index in [1.807, 2.05) is 0 Å². The van der Waals surface area contributed by atoms with Crippen molar-refractivity contribution in [2.24, 2.45) is 0 Å². The summed E-state index contributed by atoms with van der Waals surface area (Å²) in [4.78, 5) is 0. The number of hydrogen-bond acceptors (Lipinski definition) is 2. The highest BCUT2D eigenvalue weighted by molar-refractivity contribution is 6.31. The number of rotatable bonds is 7. The smallest absolute Gasteiger partial charge is 0.144 e. The lowest BCUT2D eigenvalue weighted by atomic mass is 10.2. The maximum absolute atomic E-state index is 13.0. The van der Waals surface area contributed by atoms with Crippen molar-refractivity contribution in [2.75, 3.05) is 12.3 Å². The Labute approximate surface area is 107 Å². The van der Waals surface area contributed by atoms with E-state index in [-0.39, 0.29) is 5.02 Å². The van der Waals surface area contributed by atoms with Gasteiger partial charge < -0.3 is 10.5 Å². The SMILES string of the molecule is CCCCCCCOc1cc(Cl)c(F)cc1N. The van der Waals surface area contributed by atoms with Crippen LogP contribution in [0, 0.1) is 5.82 Å². The second kappa shape index (κ2) is 7.38. The Balaban J connectivity index is 2.34. The molecule has 0 bridgehead atoms. The Morgan fingerprint density at radius 3 is 2.65 bits per heavy atom. The molecule has 4 heteroatoms. The van der Waals surface area contributed by atoms with E-state index in [0.717, 1.165) is 12.8 Å². The predicted octanol–water partition coefficient (Wildman–Crippen LogP) is 4.41. The predicted molar refractivity (Wildman–Crippen MR) is 70.1 cm³/mol. The molecule has 0 fully saturated rings. The van der Waals surface area contributed by atoms with E-state index in [2.05, 4.69) is 6.92 Å². The van der Waals surface area contributed by atoms with Crippen LogP contribution in [-0.4, -0.2) is 6.61 Å². The summed E-state index contributed by atoms with van der Waals surface area (Å²) in [6.45, 7) is 2.77. The van der Waals surface area contributed by atoms with Crippen molar-refractivity contribution in [3.8, 4) is 5.75 Å². The molecule has 0 aliphatic heterocycles. The van der Waals surface area contributed by atoms with Gasteiger partial charge in [0.25, 0.3) is 0 Å². The van der Waals surface area contributed by atoms with Gasteiger partial charge in [0.1, 0.15) is 11.6 Å². The molecule has 0 amide bonds. The van der Waals surface area contributed by atoms with E-state index in [9.17, 15) is 4.39 Å². The largest absolute Gasteiger partial charge is 0.491 e. The Bertz CT molecular complexity index is 358. The Hall–Kier alpha value is -0.960. The molecule has 0 saturated carbocycles. The topological polar surface area (TPSA) is 35.2 Å². The average molecular weight is 260 g/mol. The third-order valence-corrected chi connectivity index (χ3v) is 2.85. The fourth-order valence-electron chi connectivity index (χ4n) is 1.56. The van der Waals surface area contributed by atoms with E-state index >= 15 is 0 Å². The lowest BCUT2D eigenvalue weighted by Gasteiger charge is -2.09. The summed E-state index contributed by atoms with van der Waals surface area (Å²) in [5.41, 5.74) is 5.92. The fraction of sp³-hybridized carbons (Fsp3) is 0.538. The molecule has 0 heterocycles. The van der Waals surface area contributed by atoms with Crippen LogP contribution in [0.2, 0.25) is 5.02 Å². The highest BCUT2D eigenvalue weighted by Gasteiger charge is 2.06. The van der Waals surface area contributed by atoms with Gasteiger partial charge in [0.2, 0.25) is 0 Å². The van der Waals surface area contributed by atoms with Gasteiger partial charge in [-0.1, -0.05) is 44.2 Å². The molecule has 0 unspecified atom stereocenters. The van der Waals surface area contributed by atoms with Gasteiger partial charge in [-0.15, -0.1) is 0 Å². The molecule has 0 radical (unpaired) electrons. The van der Waals surface area contributed by atoms with Crippen molar-refractivity contribution in [1.29, 1.82) is 0 Å². The number of anilines is 1. The van der Waals surface area contributed by atoms with Crippen molar-refractivity contribution in [1.82, 2.24) is 0 Å². The quantitative estimate of drug-likeness (QED) is 0.581. The molecule has 0 saturated heterocycles. The van der Waals surface area contributed by atoms with E-state index in [4.69, 9.17) is 22.1 Å². The third-order valence-electron chi connectivity index (χ3n) is 2.56. The summed E-state index contributed by atoms with van der Waals surface area (Å²) >= 11 is 5.66. The summed E-state index contributed by atoms with van der Waals surface area (Å²) in [5, 5.41) is 0.0418. The first-order valence-corrected chi connectivity index (χ1v) is 6.40. The molecule has 0 atom stereocenters. The molecule has 96 valence electrons. The maximum Gasteiger partial charge on any atom is 0.144 e. The van der Waals surface area contributed by atoms with Gasteiger partial charge in [-0.3, -0.25) is 0 Å². The van der Waals surface area contributed by atoms with Crippen molar-refractivity contribution in [3.63, 3.8) is 0 Å². The monoisotopic (exact) mass is 259 g/mol. The zero-order chi connectivity index (χ0) is 12.7. The van der Waals surface area contributed by atoms with E-state index in [0.29, 0.717) is 18.0 Å². The Morgan fingerprint density at radius 2 is 1.94 bits per heavy atom. The van der Waals surface area contributed by atoms with Crippen LogP contribution in [0.1, 0.15) is 39.0 Å². The minimum atomic E-state index is -0.514. The standard InChI is InChI=1S/C13H19ClFNO/c1-2-3-4-5-6-7-17-13-8-10(14)11(15)9-12(13)16/h8-9H,2-7,16H2,1H3. The second-order valence-corrected chi connectivity index (χ2v) is 4.47. The number of nitrogens with two attached hydrogens (primary N) is 1. The molecule has 0 aliphatic rings. The zero-order valence-electron chi connectivity index (χ0n) is 10.1. The molecule has 1 aromatic rings. The van der Waals surface area contributed by atoms with Crippen molar-refractivity contribution >= 4 is 17.3 Å². The maximum atomic E-state index is 13.0. The van der Waals surface area contributed by atoms with Crippen molar-refractivity contribution < 1.29 is 9.13 Å². The van der Waals surface area contributed by atoms with Gasteiger partial charge in [-0.25, -0.2) is 4.39 Å². The van der Waals surface area contributed by atoms with Gasteiger partial charge in [-0.05, 0) is 6.42 Å². The van der Waals surface area contributed by atoms with Crippen LogP contribution < -0.4 is 10.5 Å². The van der Waals surface area contributed by atoms with Crippen LogP contribution in [0.3, 0.4) is 0 Å². The molecule has 17 heavy (non-hydrogen) atoms. The summed E-state index contributed by atoms with van der Waals surface area (Å²) in [6.07, 6.45) is 5.82. The van der Waals surface area contributed by atoms with E-state index in [1.165, 1.54) is 31.4 Å². The van der Waals surface area contributed by atoms with Crippen LogP contribution in [0.15, 0.2) is 12.1 Å². The number of benzene rings is 1. The molecule has 0 spiro atoms. The number of halogens is 2. The normalized spacial score (nSPS) is 10.5. The van der Waals surface area contributed by atoms with E-state index < -0.39 is 5.82 Å². The zero-order valence-corrected chi connectivity index (χ0v) is 10.9. The molecule has 2 nitrogen and oxygen atoms in total. The molecule has 2 N–H and O–H groups in total. The van der Waals surface area contributed by atoms with Gasteiger partial charge >= 0.3 is 0 Å². The van der Waals surface area contributed by atoms with E-state index in [1.54, 1.807) is 0 Å². The Kier molecular flexibility index (Phi) is 6.12. The van der Waals surface area contributed by atoms with Gasteiger partial charge in [-0.2, -0.15) is 0 Å². The van der Waals surface area contributed by atoms with Crippen LogP contribution in [0.4, 0.5) is 10.1 Å². The number of unbranched alkanes of at least 4 members (excludes halogenated alkanes) is 4. The van der Waals surface area contributed by atoms with Gasteiger partial charge in [0, 0.05) is 12.1 Å². The highest BCUT2D eigenvalue weighted by atomic mass is 35.5. The summed E-state index contributed by atoms with van der Waals surface area (Å²) in [7, 11) is 0. The second-order valence-electron chi connectivity index (χ2n) is 4.07. The summed E-state index contributed by atoms with van der Waals surface area (Å²) in [6, 6.07) is 2.62. The lowest BCUT2D eigenvalue weighted by Crippen LogP contribution is -2.01. The molecule has 1 aromatic carbocycles. The molecule has 0 aliphatic carbocycles. The minimum Gasteiger partial charge on any atom is -0.491 e. The first-order valence-electron chi connectivity index (χ1n) is 6.02. The summed E-state index contributed by atoms with van der Waals surface area (Å²) < 4.78 is 18.5. The number of nitrogen functional groups attached to an aromatic ring is 1. The van der Waals surface area contributed by atoms with Crippen LogP contribution in [0.5, 0.6) is 5.75 Å². The third kappa shape index (κ3) is 4.82. The van der Waals surface area contributed by atoms with Crippen LogP contribution >= 0.6 is 11.6 Å². The minimum absolute atomic E-state index is 0.0418. The number of hydrogen-bond donors (Lipinski definition) is 1. The van der Waals surface area contributed by atoms with Crippen molar-refractivity contribution in [3.05, 3.63) is 23.0 Å². The average Bonchev–Trinajstić information content (AvgIpc) is 2.30. The lowest BCUT2D eigenvalue weighted by molar-refractivity contribution is 0.306. The molecule has 0 aromatic heterocycles. The number of ether oxygens (including phenoxy) is 1. The first-order chi connectivity index (χ1) is 8.15. The fourth-order valence-corrected chi connectivity index (χ4v) is 1.71. The van der Waals surface area contributed by atoms with Gasteiger partial charge in [0.05, 0.1) is 17.3 Å². The van der Waals surface area contributed by atoms with Gasteiger partial charge in [0.15, 0.2) is 0 Å². The molecular weight excluding hydrogens is 241 g/mol. The highest BCUT2D eigenvalue weighted by Crippen LogP contribution is 2.28. The molecular formula is C13H19ClFNO. The van der Waals surface area contributed by atoms with Crippen molar-refractivity contribution in [2.45, 2.75) is 39.0 Å². The van der Waals surface area contributed by atoms with Crippen LogP contribution in [0.25, 0.3) is 0 Å². The first kappa shape index (κ1) is 14.1. The van der Waals surface area contributed by atoms with Crippen LogP contribution in [-0.2, 0) is 0 Å². The summed E-state index contributed by atoms with van der Waals surface area (Å²) in [5.74, 6) is -0.0497. The molecule has 1 rings (SSSR count).